The molecule has 0 aliphatic carbocycles. The van der Waals surface area contributed by atoms with Crippen molar-refractivity contribution in [1.82, 2.24) is 25.4 Å². The van der Waals surface area contributed by atoms with Crippen LogP contribution in [0.3, 0.4) is 0 Å². The maximum absolute atomic E-state index is 12.6. The molecular weight excluding hydrogens is 533 g/mol. The molecule has 1 aromatic heterocycles. The first-order valence-electron chi connectivity index (χ1n) is 11.0. The van der Waals surface area contributed by atoms with Gasteiger partial charge in [0, 0.05) is 11.0 Å². The molecule has 2 aromatic rings. The van der Waals surface area contributed by atoms with Gasteiger partial charge in [-0.3, -0.25) is 4.79 Å². The highest BCUT2D eigenvalue weighted by Gasteiger charge is 2.28. The second-order valence-electron chi connectivity index (χ2n) is 8.50. The monoisotopic (exact) mass is 562 g/mol. The van der Waals surface area contributed by atoms with Crippen molar-refractivity contribution in [2.24, 2.45) is 5.73 Å². The van der Waals surface area contributed by atoms with E-state index in [2.05, 4.69) is 31.3 Å². The first kappa shape index (κ1) is 28.6. The van der Waals surface area contributed by atoms with Crippen molar-refractivity contribution >= 4 is 27.9 Å². The summed E-state index contributed by atoms with van der Waals surface area (Å²) in [5.74, 6) is 0.0917. The quantitative estimate of drug-likeness (QED) is 0.363. The number of rotatable bonds is 12. The van der Waals surface area contributed by atoms with Gasteiger partial charge in [0.2, 0.25) is 5.91 Å². The molecule has 0 saturated carbocycles. The average Bonchev–Trinajstić information content (AvgIpc) is 3.21. The summed E-state index contributed by atoms with van der Waals surface area (Å²) in [6, 6.07) is 7.35. The van der Waals surface area contributed by atoms with E-state index in [1.165, 1.54) is 11.0 Å². The molecule has 0 spiro atoms. The third-order valence-corrected chi connectivity index (χ3v) is 5.73. The molecule has 0 saturated heterocycles. The van der Waals surface area contributed by atoms with Gasteiger partial charge in [0.05, 0.1) is 24.5 Å². The summed E-state index contributed by atoms with van der Waals surface area (Å²) in [5.41, 5.74) is 5.96. The van der Waals surface area contributed by atoms with E-state index in [0.717, 1.165) is 22.9 Å². The molecule has 1 unspecified atom stereocenters. The SMILES string of the molecule is CC(C)(N)C(=O)NC(CCCc1ccccc1Br)c1ncnn1CCOC(=O)NCCC(F)(F)F. The minimum atomic E-state index is -4.36. The Hall–Kier alpha value is -2.67. The Labute approximate surface area is 210 Å². The van der Waals surface area contributed by atoms with Crippen molar-refractivity contribution in [1.29, 1.82) is 0 Å². The smallest absolute Gasteiger partial charge is 0.407 e. The van der Waals surface area contributed by atoms with E-state index in [9.17, 15) is 22.8 Å². The van der Waals surface area contributed by atoms with Crippen LogP contribution in [0.2, 0.25) is 0 Å². The zero-order valence-corrected chi connectivity index (χ0v) is 21.2. The molecule has 0 fully saturated rings. The molecule has 1 aromatic carbocycles. The number of hydrogen-bond acceptors (Lipinski definition) is 6. The average molecular weight is 563 g/mol. The van der Waals surface area contributed by atoms with E-state index in [-0.39, 0.29) is 19.1 Å². The molecule has 0 aliphatic rings. The van der Waals surface area contributed by atoms with E-state index in [1.807, 2.05) is 29.6 Å². The maximum Gasteiger partial charge on any atom is 0.407 e. The van der Waals surface area contributed by atoms with Gasteiger partial charge in [0.25, 0.3) is 0 Å². The van der Waals surface area contributed by atoms with Crippen molar-refractivity contribution in [3.8, 4) is 0 Å². The molecule has 35 heavy (non-hydrogen) atoms. The summed E-state index contributed by atoms with van der Waals surface area (Å²) in [6.07, 6.45) is -3.12. The topological polar surface area (TPSA) is 124 Å². The fourth-order valence-corrected chi connectivity index (χ4v) is 3.59. The van der Waals surface area contributed by atoms with Gasteiger partial charge in [0.15, 0.2) is 0 Å². The van der Waals surface area contributed by atoms with Crippen LogP contribution < -0.4 is 16.4 Å². The molecule has 4 N–H and O–H groups in total. The number of ether oxygens (including phenoxy) is 1. The molecule has 2 rings (SSSR count). The highest BCUT2D eigenvalue weighted by molar-refractivity contribution is 9.10. The lowest BCUT2D eigenvalue weighted by Crippen LogP contribution is -2.50. The lowest BCUT2D eigenvalue weighted by molar-refractivity contribution is -0.133. The van der Waals surface area contributed by atoms with Crippen LogP contribution >= 0.6 is 15.9 Å². The lowest BCUT2D eigenvalue weighted by Gasteiger charge is -2.24. The van der Waals surface area contributed by atoms with E-state index in [1.54, 1.807) is 13.8 Å². The number of carbonyl (C=O) groups excluding carboxylic acids is 2. The van der Waals surface area contributed by atoms with Crippen molar-refractivity contribution in [2.75, 3.05) is 13.2 Å². The first-order valence-corrected chi connectivity index (χ1v) is 11.8. The van der Waals surface area contributed by atoms with E-state index in [4.69, 9.17) is 10.5 Å². The molecule has 1 heterocycles. The number of benzene rings is 1. The van der Waals surface area contributed by atoms with Gasteiger partial charge >= 0.3 is 12.3 Å². The van der Waals surface area contributed by atoms with Crippen LogP contribution in [0.5, 0.6) is 0 Å². The fourth-order valence-electron chi connectivity index (χ4n) is 3.11. The third kappa shape index (κ3) is 10.2. The summed E-state index contributed by atoms with van der Waals surface area (Å²) < 4.78 is 44.0. The number of hydrogen-bond donors (Lipinski definition) is 3. The van der Waals surface area contributed by atoms with Crippen molar-refractivity contribution < 1.29 is 27.5 Å². The van der Waals surface area contributed by atoms with Gasteiger partial charge in [-0.1, -0.05) is 34.1 Å². The van der Waals surface area contributed by atoms with Crippen LogP contribution in [0.1, 0.15) is 50.5 Å². The van der Waals surface area contributed by atoms with Crippen LogP contribution in [0.25, 0.3) is 0 Å². The molecule has 2 amide bonds. The second kappa shape index (κ2) is 12.9. The highest BCUT2D eigenvalue weighted by atomic mass is 79.9. The van der Waals surface area contributed by atoms with E-state index >= 15 is 0 Å². The molecule has 1 atom stereocenters. The standard InChI is InChI=1S/C22H30BrF3N6O3/c1-21(2,27)19(33)31-17(9-5-7-15-6-3-4-8-16(15)23)18-29-14-30-32(18)12-13-35-20(34)28-11-10-22(24,25)26/h3-4,6,8,14,17H,5,7,9-13,27H2,1-2H3,(H,28,34)(H,31,33). The Morgan fingerprint density at radius 3 is 2.63 bits per heavy atom. The first-order chi connectivity index (χ1) is 16.4. The number of nitrogens with zero attached hydrogens (tertiary/aromatic N) is 3. The summed E-state index contributed by atoms with van der Waals surface area (Å²) in [4.78, 5) is 28.5. The number of aromatic nitrogens is 3. The molecule has 9 nitrogen and oxygen atoms in total. The zero-order chi connectivity index (χ0) is 26.1. The van der Waals surface area contributed by atoms with Gasteiger partial charge in [-0.15, -0.1) is 0 Å². The number of alkyl carbamates (subject to hydrolysis) is 1. The van der Waals surface area contributed by atoms with Crippen LogP contribution in [0, 0.1) is 0 Å². The minimum absolute atomic E-state index is 0.102. The number of aryl methyl sites for hydroxylation is 1. The van der Waals surface area contributed by atoms with E-state index in [0.29, 0.717) is 12.2 Å². The van der Waals surface area contributed by atoms with Crippen LogP contribution in [0.4, 0.5) is 18.0 Å². The number of halogens is 4. The Bertz CT molecular complexity index is 978. The van der Waals surface area contributed by atoms with Gasteiger partial charge in [0.1, 0.15) is 18.8 Å². The van der Waals surface area contributed by atoms with E-state index < -0.39 is 36.8 Å². The Kier molecular flexibility index (Phi) is 10.5. The molecule has 0 bridgehead atoms. The van der Waals surface area contributed by atoms with Gasteiger partial charge in [-0.25, -0.2) is 14.5 Å². The fraction of sp³-hybridized carbons (Fsp3) is 0.545. The predicted octanol–water partition coefficient (Wildman–Crippen LogP) is 3.64. The summed E-state index contributed by atoms with van der Waals surface area (Å²) in [7, 11) is 0. The largest absolute Gasteiger partial charge is 0.448 e. The predicted molar refractivity (Wildman–Crippen MR) is 126 cm³/mol. The number of nitrogens with two attached hydrogens (primary N) is 1. The highest BCUT2D eigenvalue weighted by Crippen LogP contribution is 2.22. The zero-order valence-electron chi connectivity index (χ0n) is 19.6. The Morgan fingerprint density at radius 2 is 1.97 bits per heavy atom. The second-order valence-corrected chi connectivity index (χ2v) is 9.35. The summed E-state index contributed by atoms with van der Waals surface area (Å²) in [6.45, 7) is 2.57. The van der Waals surface area contributed by atoms with Crippen LogP contribution in [-0.2, 0) is 22.5 Å². The van der Waals surface area contributed by atoms with Gasteiger partial charge in [-0.05, 0) is 44.7 Å². The van der Waals surface area contributed by atoms with Crippen molar-refractivity contribution in [3.63, 3.8) is 0 Å². The summed E-state index contributed by atoms with van der Waals surface area (Å²) >= 11 is 3.53. The maximum atomic E-state index is 12.6. The molecule has 194 valence electrons. The Balaban J connectivity index is 1.99. The Morgan fingerprint density at radius 1 is 1.26 bits per heavy atom. The third-order valence-electron chi connectivity index (χ3n) is 4.96. The number of nitrogens with one attached hydrogen (secondary N) is 2. The van der Waals surface area contributed by atoms with Gasteiger partial charge < -0.3 is 21.1 Å². The van der Waals surface area contributed by atoms with Crippen molar-refractivity contribution in [3.05, 3.63) is 46.5 Å². The minimum Gasteiger partial charge on any atom is -0.448 e. The number of carbonyl (C=O) groups is 2. The normalized spacial score (nSPS) is 12.8. The molecule has 13 heteroatoms. The number of amides is 2. The van der Waals surface area contributed by atoms with Crippen LogP contribution in [0.15, 0.2) is 35.1 Å². The van der Waals surface area contributed by atoms with Crippen molar-refractivity contribution in [2.45, 2.75) is 63.8 Å². The molecule has 0 radical (unpaired) electrons. The summed E-state index contributed by atoms with van der Waals surface area (Å²) in [5, 5.41) is 9.10. The van der Waals surface area contributed by atoms with Crippen LogP contribution in [-0.4, -0.2) is 51.6 Å². The molecular formula is C22H30BrF3N6O3. The van der Waals surface area contributed by atoms with Gasteiger partial charge in [-0.2, -0.15) is 18.3 Å². The lowest BCUT2D eigenvalue weighted by atomic mass is 10.0. The molecule has 0 aliphatic heterocycles. The number of alkyl halides is 3.